The lowest BCUT2D eigenvalue weighted by atomic mass is 10.1. The Kier molecular flexibility index (Phi) is 4.50. The van der Waals surface area contributed by atoms with Gasteiger partial charge in [-0.3, -0.25) is 0 Å². The number of rotatable bonds is 4. The van der Waals surface area contributed by atoms with Crippen molar-refractivity contribution in [2.24, 2.45) is 0 Å². The van der Waals surface area contributed by atoms with Crippen molar-refractivity contribution in [1.82, 2.24) is 9.97 Å². The molecule has 100 valence electrons. The zero-order chi connectivity index (χ0) is 13.8. The first-order valence-electron chi connectivity index (χ1n) is 5.96. The molecule has 4 nitrogen and oxygen atoms in total. The molecule has 0 saturated carbocycles. The molecule has 0 spiro atoms. The van der Waals surface area contributed by atoms with Crippen molar-refractivity contribution in [1.29, 1.82) is 0 Å². The molecular formula is C14H16BrN3O. The first kappa shape index (κ1) is 14.0. The second-order valence-electron chi connectivity index (χ2n) is 4.15. The van der Waals surface area contributed by atoms with Gasteiger partial charge in [0.1, 0.15) is 5.82 Å². The van der Waals surface area contributed by atoms with Crippen LogP contribution in [0.25, 0.3) is 11.4 Å². The number of aryl methyl sites for hydroxylation is 1. The molecule has 0 saturated heterocycles. The molecule has 1 aromatic heterocycles. The van der Waals surface area contributed by atoms with E-state index < -0.39 is 0 Å². The molecule has 2 aromatic rings. The summed E-state index contributed by atoms with van der Waals surface area (Å²) in [7, 11) is 3.49. The van der Waals surface area contributed by atoms with Gasteiger partial charge in [0.15, 0.2) is 5.82 Å². The summed E-state index contributed by atoms with van der Waals surface area (Å²) in [5.74, 6) is 1.47. The minimum Gasteiger partial charge on any atom is -0.378 e. The highest BCUT2D eigenvalue weighted by Crippen LogP contribution is 2.28. The quantitative estimate of drug-likeness (QED) is 0.937. The predicted octanol–water partition coefficient (Wildman–Crippen LogP) is 3.40. The van der Waals surface area contributed by atoms with Crippen molar-refractivity contribution < 1.29 is 4.74 Å². The van der Waals surface area contributed by atoms with E-state index in [1.807, 2.05) is 25.2 Å². The second kappa shape index (κ2) is 6.12. The lowest BCUT2D eigenvalue weighted by Gasteiger charge is -2.11. The van der Waals surface area contributed by atoms with E-state index in [0.29, 0.717) is 12.4 Å². The average Bonchev–Trinajstić information content (AvgIpc) is 2.42. The molecule has 0 aliphatic heterocycles. The topological polar surface area (TPSA) is 47.0 Å². The van der Waals surface area contributed by atoms with Gasteiger partial charge in [0.2, 0.25) is 0 Å². The van der Waals surface area contributed by atoms with Crippen LogP contribution in [0, 0.1) is 6.92 Å². The zero-order valence-electron chi connectivity index (χ0n) is 11.2. The number of hydrogen-bond acceptors (Lipinski definition) is 4. The van der Waals surface area contributed by atoms with Gasteiger partial charge in [-0.1, -0.05) is 24.3 Å². The molecule has 0 amide bonds. The van der Waals surface area contributed by atoms with Crippen molar-refractivity contribution in [3.63, 3.8) is 0 Å². The van der Waals surface area contributed by atoms with E-state index in [1.54, 1.807) is 7.11 Å². The molecule has 0 bridgehead atoms. The van der Waals surface area contributed by atoms with Crippen LogP contribution in [-0.4, -0.2) is 24.1 Å². The van der Waals surface area contributed by atoms with E-state index in [4.69, 9.17) is 4.74 Å². The summed E-state index contributed by atoms with van der Waals surface area (Å²) in [6, 6.07) is 8.07. The fraction of sp³-hybridized carbons (Fsp3) is 0.286. The van der Waals surface area contributed by atoms with Crippen molar-refractivity contribution in [2.45, 2.75) is 13.5 Å². The smallest absolute Gasteiger partial charge is 0.162 e. The number of nitrogens with one attached hydrogen (secondary N) is 1. The Morgan fingerprint density at radius 3 is 2.63 bits per heavy atom. The molecule has 1 N–H and O–H groups in total. The summed E-state index contributed by atoms with van der Waals surface area (Å²) in [6.45, 7) is 2.49. The first-order chi connectivity index (χ1) is 9.17. The Bertz CT molecular complexity index is 587. The number of methoxy groups -OCH3 is 1. The highest BCUT2D eigenvalue weighted by atomic mass is 79.9. The van der Waals surface area contributed by atoms with Crippen molar-refractivity contribution in [2.75, 3.05) is 19.5 Å². The Balaban J connectivity index is 2.58. The van der Waals surface area contributed by atoms with E-state index in [-0.39, 0.29) is 0 Å². The molecule has 0 fully saturated rings. The van der Waals surface area contributed by atoms with E-state index in [1.165, 1.54) is 0 Å². The summed E-state index contributed by atoms with van der Waals surface area (Å²) in [5.41, 5.74) is 3.01. The van der Waals surface area contributed by atoms with Crippen LogP contribution in [-0.2, 0) is 11.3 Å². The fourth-order valence-corrected chi connectivity index (χ4v) is 2.33. The van der Waals surface area contributed by atoms with Gasteiger partial charge in [-0.25, -0.2) is 9.97 Å². The maximum Gasteiger partial charge on any atom is 0.162 e. The van der Waals surface area contributed by atoms with Crippen molar-refractivity contribution >= 4 is 21.7 Å². The standard InChI is InChI=1S/C14H16BrN3O/c1-9-6-4-5-7-10(9)13-17-11(8-19-3)12(15)14(16-2)18-13/h4-7H,8H2,1-3H3,(H,16,17,18). The Labute approximate surface area is 121 Å². The number of halogens is 1. The zero-order valence-corrected chi connectivity index (χ0v) is 12.8. The van der Waals surface area contributed by atoms with Gasteiger partial charge in [-0.15, -0.1) is 0 Å². The van der Waals surface area contributed by atoms with Gasteiger partial charge in [0.25, 0.3) is 0 Å². The van der Waals surface area contributed by atoms with Crippen LogP contribution in [0.15, 0.2) is 28.7 Å². The number of benzene rings is 1. The molecule has 0 radical (unpaired) electrons. The number of nitrogens with zero attached hydrogens (tertiary/aromatic N) is 2. The van der Waals surface area contributed by atoms with Gasteiger partial charge < -0.3 is 10.1 Å². The summed E-state index contributed by atoms with van der Waals surface area (Å²) in [4.78, 5) is 9.12. The van der Waals surface area contributed by atoms with Gasteiger partial charge in [-0.2, -0.15) is 0 Å². The number of anilines is 1. The summed E-state index contributed by atoms with van der Waals surface area (Å²) >= 11 is 3.50. The van der Waals surface area contributed by atoms with E-state index in [0.717, 1.165) is 27.1 Å². The predicted molar refractivity (Wildman–Crippen MR) is 80.2 cm³/mol. The van der Waals surface area contributed by atoms with Crippen LogP contribution < -0.4 is 5.32 Å². The largest absolute Gasteiger partial charge is 0.378 e. The molecule has 5 heteroatoms. The molecule has 0 atom stereocenters. The van der Waals surface area contributed by atoms with Crippen LogP contribution in [0.4, 0.5) is 5.82 Å². The summed E-state index contributed by atoms with van der Waals surface area (Å²) in [5, 5.41) is 3.07. The van der Waals surface area contributed by atoms with Crippen LogP contribution in [0.3, 0.4) is 0 Å². The van der Waals surface area contributed by atoms with Crippen LogP contribution in [0.2, 0.25) is 0 Å². The molecular weight excluding hydrogens is 306 g/mol. The summed E-state index contributed by atoms with van der Waals surface area (Å²) < 4.78 is 6.02. The molecule has 1 aromatic carbocycles. The molecule has 2 rings (SSSR count). The van der Waals surface area contributed by atoms with E-state index >= 15 is 0 Å². The van der Waals surface area contributed by atoms with Gasteiger partial charge in [0.05, 0.1) is 16.8 Å². The molecule has 0 unspecified atom stereocenters. The average molecular weight is 322 g/mol. The van der Waals surface area contributed by atoms with Gasteiger partial charge >= 0.3 is 0 Å². The third kappa shape index (κ3) is 2.93. The fourth-order valence-electron chi connectivity index (χ4n) is 1.84. The third-order valence-corrected chi connectivity index (χ3v) is 3.66. The minimum absolute atomic E-state index is 0.441. The minimum atomic E-state index is 0.441. The number of aromatic nitrogens is 2. The third-order valence-electron chi connectivity index (χ3n) is 2.82. The SMILES string of the molecule is CNc1nc(-c2ccccc2C)nc(COC)c1Br. The van der Waals surface area contributed by atoms with Crippen LogP contribution in [0.5, 0.6) is 0 Å². The lowest BCUT2D eigenvalue weighted by Crippen LogP contribution is -2.04. The monoisotopic (exact) mass is 321 g/mol. The van der Waals surface area contributed by atoms with Gasteiger partial charge in [-0.05, 0) is 28.4 Å². The van der Waals surface area contributed by atoms with Crippen LogP contribution in [0.1, 0.15) is 11.3 Å². The Hall–Kier alpha value is -1.46. The van der Waals surface area contributed by atoms with E-state index in [2.05, 4.69) is 44.2 Å². The number of ether oxygens (including phenoxy) is 1. The highest BCUT2D eigenvalue weighted by molar-refractivity contribution is 9.10. The van der Waals surface area contributed by atoms with E-state index in [9.17, 15) is 0 Å². The van der Waals surface area contributed by atoms with Crippen molar-refractivity contribution in [3.05, 3.63) is 40.0 Å². The van der Waals surface area contributed by atoms with Gasteiger partial charge in [0, 0.05) is 19.7 Å². The maximum absolute atomic E-state index is 5.18. The lowest BCUT2D eigenvalue weighted by molar-refractivity contribution is 0.181. The highest BCUT2D eigenvalue weighted by Gasteiger charge is 2.13. The normalized spacial score (nSPS) is 10.5. The molecule has 19 heavy (non-hydrogen) atoms. The van der Waals surface area contributed by atoms with Crippen molar-refractivity contribution in [3.8, 4) is 11.4 Å². The first-order valence-corrected chi connectivity index (χ1v) is 6.75. The Morgan fingerprint density at radius 2 is 2.00 bits per heavy atom. The molecule has 0 aliphatic rings. The Morgan fingerprint density at radius 1 is 1.26 bits per heavy atom. The second-order valence-corrected chi connectivity index (χ2v) is 4.95. The maximum atomic E-state index is 5.18. The summed E-state index contributed by atoms with van der Waals surface area (Å²) in [6.07, 6.45) is 0. The molecule has 0 aliphatic carbocycles. The number of hydrogen-bond donors (Lipinski definition) is 1. The van der Waals surface area contributed by atoms with Crippen LogP contribution >= 0.6 is 15.9 Å². The molecule has 1 heterocycles.